The second-order valence-electron chi connectivity index (χ2n) is 4.99. The zero-order chi connectivity index (χ0) is 15.4. The number of ether oxygens (including phenoxy) is 1. The normalized spacial score (nSPS) is 10.7. The maximum atomic E-state index is 6.24. The van der Waals surface area contributed by atoms with Crippen molar-refractivity contribution in [2.45, 2.75) is 26.4 Å². The monoisotopic (exact) mass is 306 g/mol. The van der Waals surface area contributed by atoms with Gasteiger partial charge in [-0.25, -0.2) is 4.98 Å². The number of rotatable bonds is 5. The average Bonchev–Trinajstić information content (AvgIpc) is 2.47. The van der Waals surface area contributed by atoms with Gasteiger partial charge in [-0.1, -0.05) is 23.7 Å². The Labute approximate surface area is 129 Å². The van der Waals surface area contributed by atoms with Crippen molar-refractivity contribution < 1.29 is 4.74 Å². The summed E-state index contributed by atoms with van der Waals surface area (Å²) < 4.78 is 5.08. The molecule has 1 aromatic heterocycles. The Morgan fingerprint density at radius 2 is 1.95 bits per heavy atom. The third-order valence-electron chi connectivity index (χ3n) is 3.11. The van der Waals surface area contributed by atoms with Crippen LogP contribution >= 0.6 is 11.6 Å². The molecule has 0 radical (unpaired) electrons. The Balaban J connectivity index is 2.32. The second kappa shape index (κ2) is 6.63. The van der Waals surface area contributed by atoms with Crippen molar-refractivity contribution in [3.05, 3.63) is 41.0 Å². The molecule has 0 atom stereocenters. The summed E-state index contributed by atoms with van der Waals surface area (Å²) in [6.07, 6.45) is 1.56. The Morgan fingerprint density at radius 1 is 1.29 bits per heavy atom. The van der Waals surface area contributed by atoms with Crippen molar-refractivity contribution in [2.75, 3.05) is 17.7 Å². The van der Waals surface area contributed by atoms with E-state index >= 15 is 0 Å². The first-order chi connectivity index (χ1) is 10.0. The van der Waals surface area contributed by atoms with E-state index in [0.29, 0.717) is 23.4 Å². The second-order valence-corrected chi connectivity index (χ2v) is 5.40. The summed E-state index contributed by atoms with van der Waals surface area (Å²) >= 11 is 6.24. The summed E-state index contributed by atoms with van der Waals surface area (Å²) in [5.41, 5.74) is 7.60. The highest BCUT2D eigenvalue weighted by atomic mass is 35.5. The van der Waals surface area contributed by atoms with Gasteiger partial charge in [0.25, 0.3) is 0 Å². The Kier molecular flexibility index (Phi) is 4.85. The van der Waals surface area contributed by atoms with E-state index < -0.39 is 0 Å². The van der Waals surface area contributed by atoms with Crippen LogP contribution in [0.2, 0.25) is 5.02 Å². The van der Waals surface area contributed by atoms with Gasteiger partial charge in [-0.3, -0.25) is 0 Å². The van der Waals surface area contributed by atoms with Crippen LogP contribution in [0.5, 0.6) is 6.01 Å². The fraction of sp³-hybridized carbons (Fsp3) is 0.333. The van der Waals surface area contributed by atoms with Crippen LogP contribution in [0.25, 0.3) is 0 Å². The third-order valence-corrected chi connectivity index (χ3v) is 3.38. The molecular weight excluding hydrogens is 288 g/mol. The lowest BCUT2D eigenvalue weighted by atomic mass is 10.1. The lowest BCUT2D eigenvalue weighted by Gasteiger charge is -2.28. The van der Waals surface area contributed by atoms with Crippen LogP contribution in [-0.4, -0.2) is 23.1 Å². The average molecular weight is 307 g/mol. The summed E-state index contributed by atoms with van der Waals surface area (Å²) in [5, 5.41) is 0.500. The lowest BCUT2D eigenvalue weighted by molar-refractivity contribution is 0.379. The molecule has 2 rings (SSSR count). The van der Waals surface area contributed by atoms with Gasteiger partial charge < -0.3 is 15.4 Å². The van der Waals surface area contributed by atoms with E-state index in [2.05, 4.69) is 28.7 Å². The van der Waals surface area contributed by atoms with Crippen molar-refractivity contribution in [3.63, 3.8) is 0 Å². The SMILES string of the molecule is COc1ncc(Cl)c(N(Cc2ccc(N)cc2)C(C)C)n1. The molecule has 0 fully saturated rings. The number of nitrogens with two attached hydrogens (primary N) is 1. The van der Waals surface area contributed by atoms with Crippen LogP contribution in [0.1, 0.15) is 19.4 Å². The number of hydrogen-bond acceptors (Lipinski definition) is 5. The van der Waals surface area contributed by atoms with E-state index in [9.17, 15) is 0 Å². The molecule has 0 aliphatic carbocycles. The first-order valence-corrected chi connectivity index (χ1v) is 7.06. The van der Waals surface area contributed by atoms with Crippen molar-refractivity contribution >= 4 is 23.1 Å². The van der Waals surface area contributed by atoms with Gasteiger partial charge in [0.2, 0.25) is 0 Å². The van der Waals surface area contributed by atoms with Crippen molar-refractivity contribution in [1.29, 1.82) is 0 Å². The first kappa shape index (κ1) is 15.4. The molecule has 0 saturated heterocycles. The van der Waals surface area contributed by atoms with E-state index in [0.717, 1.165) is 11.3 Å². The van der Waals surface area contributed by atoms with Crippen molar-refractivity contribution in [3.8, 4) is 6.01 Å². The van der Waals surface area contributed by atoms with Crippen LogP contribution in [0.4, 0.5) is 11.5 Å². The van der Waals surface area contributed by atoms with Crippen molar-refractivity contribution in [1.82, 2.24) is 9.97 Å². The molecule has 0 bridgehead atoms. The number of methoxy groups -OCH3 is 1. The van der Waals surface area contributed by atoms with Gasteiger partial charge in [0, 0.05) is 18.3 Å². The summed E-state index contributed by atoms with van der Waals surface area (Å²) in [6.45, 7) is 4.85. The zero-order valence-electron chi connectivity index (χ0n) is 12.4. The number of nitrogen functional groups attached to an aromatic ring is 1. The fourth-order valence-electron chi connectivity index (χ4n) is 1.96. The molecule has 0 amide bonds. The molecule has 1 heterocycles. The third kappa shape index (κ3) is 3.76. The Bertz CT molecular complexity index is 601. The summed E-state index contributed by atoms with van der Waals surface area (Å²) in [6, 6.07) is 8.29. The molecular formula is C15H19ClN4O. The minimum absolute atomic E-state index is 0.222. The predicted octanol–water partition coefficient (Wildman–Crippen LogP) is 3.14. The Hall–Kier alpha value is -2.01. The van der Waals surface area contributed by atoms with Gasteiger partial charge >= 0.3 is 6.01 Å². The predicted molar refractivity (Wildman–Crippen MR) is 85.8 cm³/mol. The number of benzene rings is 1. The molecule has 0 aliphatic heterocycles. The summed E-state index contributed by atoms with van der Waals surface area (Å²) in [5.74, 6) is 0.662. The summed E-state index contributed by atoms with van der Waals surface area (Å²) in [4.78, 5) is 10.5. The van der Waals surface area contributed by atoms with Gasteiger partial charge in [0.05, 0.1) is 13.3 Å². The maximum absolute atomic E-state index is 6.24. The van der Waals surface area contributed by atoms with E-state index in [1.54, 1.807) is 6.20 Å². The molecule has 6 heteroatoms. The molecule has 0 saturated carbocycles. The highest BCUT2D eigenvalue weighted by molar-refractivity contribution is 6.32. The van der Waals surface area contributed by atoms with Crippen LogP contribution in [0.3, 0.4) is 0 Å². The number of anilines is 2. The van der Waals surface area contributed by atoms with Crippen LogP contribution in [0, 0.1) is 0 Å². The number of hydrogen-bond donors (Lipinski definition) is 1. The maximum Gasteiger partial charge on any atom is 0.318 e. The molecule has 5 nitrogen and oxygen atoms in total. The van der Waals surface area contributed by atoms with Gasteiger partial charge in [-0.05, 0) is 31.5 Å². The molecule has 2 aromatic rings. The molecule has 2 N–H and O–H groups in total. The van der Waals surface area contributed by atoms with Gasteiger partial charge in [0.1, 0.15) is 5.02 Å². The van der Waals surface area contributed by atoms with Crippen LogP contribution in [-0.2, 0) is 6.54 Å². The first-order valence-electron chi connectivity index (χ1n) is 6.69. The van der Waals surface area contributed by atoms with Gasteiger partial charge in [-0.15, -0.1) is 0 Å². The van der Waals surface area contributed by atoms with E-state index in [-0.39, 0.29) is 6.04 Å². The number of aromatic nitrogens is 2. The van der Waals surface area contributed by atoms with E-state index in [4.69, 9.17) is 22.1 Å². The Morgan fingerprint density at radius 3 is 2.52 bits per heavy atom. The minimum atomic E-state index is 0.222. The number of halogens is 1. The van der Waals surface area contributed by atoms with Crippen molar-refractivity contribution in [2.24, 2.45) is 0 Å². The van der Waals surface area contributed by atoms with Gasteiger partial charge in [0.15, 0.2) is 5.82 Å². The highest BCUT2D eigenvalue weighted by Gasteiger charge is 2.17. The minimum Gasteiger partial charge on any atom is -0.467 e. The highest BCUT2D eigenvalue weighted by Crippen LogP contribution is 2.27. The smallest absolute Gasteiger partial charge is 0.318 e. The van der Waals surface area contributed by atoms with E-state index in [1.807, 2.05) is 24.3 Å². The van der Waals surface area contributed by atoms with E-state index in [1.165, 1.54) is 7.11 Å². The van der Waals surface area contributed by atoms with Crippen LogP contribution in [0.15, 0.2) is 30.5 Å². The molecule has 0 aliphatic rings. The largest absolute Gasteiger partial charge is 0.467 e. The lowest BCUT2D eigenvalue weighted by Crippen LogP contribution is -2.31. The molecule has 112 valence electrons. The molecule has 1 aromatic carbocycles. The fourth-order valence-corrected chi connectivity index (χ4v) is 2.16. The topological polar surface area (TPSA) is 64.3 Å². The molecule has 0 spiro atoms. The number of nitrogens with zero attached hydrogens (tertiary/aromatic N) is 3. The molecule has 21 heavy (non-hydrogen) atoms. The summed E-state index contributed by atoms with van der Waals surface area (Å²) in [7, 11) is 1.53. The van der Waals surface area contributed by atoms with Gasteiger partial charge in [-0.2, -0.15) is 4.98 Å². The molecule has 0 unspecified atom stereocenters. The quantitative estimate of drug-likeness (QED) is 0.860. The van der Waals surface area contributed by atoms with Crippen LogP contribution < -0.4 is 15.4 Å². The zero-order valence-corrected chi connectivity index (χ0v) is 13.1. The standard InChI is InChI=1S/C15H19ClN4O/c1-10(2)20(9-11-4-6-12(17)7-5-11)14-13(16)8-18-15(19-14)21-3/h4-8,10H,9,17H2,1-3H3.